The van der Waals surface area contributed by atoms with Gasteiger partial charge in [0.05, 0.1) is 27.3 Å². The van der Waals surface area contributed by atoms with E-state index in [0.29, 0.717) is 49.6 Å². The molecule has 3 saturated heterocycles. The van der Waals surface area contributed by atoms with Gasteiger partial charge in [-0.1, -0.05) is 42.8 Å². The van der Waals surface area contributed by atoms with Gasteiger partial charge in [0.1, 0.15) is 6.04 Å². The molecule has 3 aliphatic heterocycles. The Morgan fingerprint density at radius 3 is 2.59 bits per heavy atom. The normalized spacial score (nSPS) is 26.9. The molecule has 1 aromatic rings. The fraction of sp³-hybridized carbons (Fsp3) is 0.567. The van der Waals surface area contributed by atoms with Gasteiger partial charge in [-0.2, -0.15) is 0 Å². The number of benzene rings is 1. The third-order valence-corrected chi connectivity index (χ3v) is 10.5. The standard InChI is InChI=1S/C30H40ClN3O4S/c1-4-16-32(17-5-2)27(36)24-23-14-15-30(39-23)25(24)28(37)34(19-10-7-11-20-35)26(30)29(38)33(18-6-3)22-13-9-8-12-21(22)31/h4,6,8-9,12-13,23-26,35H,1,3,5,7,10-11,14-20H2,2H3/t23-,24+,25-,26?,30?/m0/s1. The Labute approximate surface area is 241 Å². The summed E-state index contributed by atoms with van der Waals surface area (Å²) in [7, 11) is 0. The van der Waals surface area contributed by atoms with Gasteiger partial charge in [0.25, 0.3) is 5.91 Å². The van der Waals surface area contributed by atoms with Crippen LogP contribution in [-0.4, -0.2) is 81.5 Å². The predicted octanol–water partition coefficient (Wildman–Crippen LogP) is 4.54. The van der Waals surface area contributed by atoms with Gasteiger partial charge in [0.2, 0.25) is 11.8 Å². The van der Waals surface area contributed by atoms with Crippen molar-refractivity contribution in [3.8, 4) is 0 Å². The number of fused-ring (bicyclic) bond motifs is 1. The topological polar surface area (TPSA) is 81.2 Å². The van der Waals surface area contributed by atoms with E-state index in [2.05, 4.69) is 13.2 Å². The quantitative estimate of drug-likeness (QED) is 0.261. The minimum atomic E-state index is -0.702. The number of amides is 3. The number of thioether (sulfide) groups is 1. The molecule has 7 nitrogen and oxygen atoms in total. The molecule has 2 unspecified atom stereocenters. The second-order valence-corrected chi connectivity index (χ2v) is 12.6. The zero-order valence-corrected chi connectivity index (χ0v) is 24.3. The number of hydrogen-bond donors (Lipinski definition) is 1. The number of aliphatic hydroxyl groups is 1. The Balaban J connectivity index is 1.74. The van der Waals surface area contributed by atoms with Crippen LogP contribution in [-0.2, 0) is 14.4 Å². The average molecular weight is 574 g/mol. The SMILES string of the molecule is C=CCN(CCC)C(=O)[C@@H]1[C@@H]2CCC3(S2)C(C(=O)N(CC=C)c2ccccc2Cl)N(CCCCCO)C(=O)[C@H]13. The molecular weight excluding hydrogens is 534 g/mol. The Kier molecular flexibility index (Phi) is 9.83. The van der Waals surface area contributed by atoms with Crippen LogP contribution in [0.4, 0.5) is 5.69 Å². The summed E-state index contributed by atoms with van der Waals surface area (Å²) in [5.41, 5.74) is 0.585. The van der Waals surface area contributed by atoms with Crippen LogP contribution in [0.15, 0.2) is 49.6 Å². The van der Waals surface area contributed by atoms with Crippen LogP contribution in [0.3, 0.4) is 0 Å². The number of nitrogens with zero attached hydrogens (tertiary/aromatic N) is 3. The third kappa shape index (κ3) is 5.40. The summed E-state index contributed by atoms with van der Waals surface area (Å²) in [6.07, 6.45) is 7.81. The van der Waals surface area contributed by atoms with E-state index in [-0.39, 0.29) is 36.1 Å². The summed E-state index contributed by atoms with van der Waals surface area (Å²) in [5.74, 6) is -1.27. The summed E-state index contributed by atoms with van der Waals surface area (Å²) in [6.45, 7) is 11.5. The van der Waals surface area contributed by atoms with Crippen LogP contribution in [0, 0.1) is 11.8 Å². The number of rotatable bonds is 14. The first-order valence-corrected chi connectivity index (χ1v) is 15.3. The molecule has 0 radical (unpaired) electrons. The van der Waals surface area contributed by atoms with E-state index in [9.17, 15) is 19.5 Å². The Bertz CT molecular complexity index is 1100. The number of unbranched alkanes of at least 4 members (excludes halogenated alkanes) is 2. The van der Waals surface area contributed by atoms with Crippen LogP contribution < -0.4 is 4.90 Å². The van der Waals surface area contributed by atoms with Crippen molar-refractivity contribution >= 4 is 46.8 Å². The summed E-state index contributed by atoms with van der Waals surface area (Å²) in [5, 5.41) is 9.73. The Morgan fingerprint density at radius 2 is 1.92 bits per heavy atom. The molecule has 9 heteroatoms. The lowest BCUT2D eigenvalue weighted by atomic mass is 9.70. The zero-order valence-electron chi connectivity index (χ0n) is 22.8. The van der Waals surface area contributed by atoms with Crippen molar-refractivity contribution in [3.63, 3.8) is 0 Å². The van der Waals surface area contributed by atoms with E-state index in [0.717, 1.165) is 19.3 Å². The van der Waals surface area contributed by atoms with Gasteiger partial charge in [-0.25, -0.2) is 0 Å². The van der Waals surface area contributed by atoms with Gasteiger partial charge in [0.15, 0.2) is 0 Å². The maximum Gasteiger partial charge on any atom is 0.251 e. The molecule has 0 aliphatic carbocycles. The molecule has 0 aromatic heterocycles. The highest BCUT2D eigenvalue weighted by Gasteiger charge is 2.74. The number of likely N-dealkylation sites (tertiary alicyclic amines) is 1. The molecule has 3 fully saturated rings. The van der Waals surface area contributed by atoms with Gasteiger partial charge in [0, 0.05) is 38.0 Å². The molecule has 0 saturated carbocycles. The van der Waals surface area contributed by atoms with Crippen LogP contribution in [0.25, 0.3) is 0 Å². The molecule has 5 atom stereocenters. The predicted molar refractivity (Wildman–Crippen MR) is 158 cm³/mol. The van der Waals surface area contributed by atoms with E-state index in [1.165, 1.54) is 0 Å². The number of carbonyl (C=O) groups is 3. The molecule has 1 aromatic carbocycles. The molecule has 4 rings (SSSR count). The van der Waals surface area contributed by atoms with Crippen molar-refractivity contribution in [1.29, 1.82) is 0 Å². The first-order valence-electron chi connectivity index (χ1n) is 14.0. The minimum absolute atomic E-state index is 0.00319. The van der Waals surface area contributed by atoms with Crippen molar-refractivity contribution < 1.29 is 19.5 Å². The van der Waals surface area contributed by atoms with E-state index in [4.69, 9.17) is 11.6 Å². The van der Waals surface area contributed by atoms with E-state index < -0.39 is 22.6 Å². The van der Waals surface area contributed by atoms with E-state index >= 15 is 0 Å². The van der Waals surface area contributed by atoms with Crippen molar-refractivity contribution in [1.82, 2.24) is 9.80 Å². The maximum absolute atomic E-state index is 14.5. The molecule has 1 N–H and O–H groups in total. The van der Waals surface area contributed by atoms with Gasteiger partial charge in [-0.3, -0.25) is 14.4 Å². The lowest BCUT2D eigenvalue weighted by Gasteiger charge is -2.37. The highest BCUT2D eigenvalue weighted by atomic mass is 35.5. The second-order valence-electron chi connectivity index (χ2n) is 10.6. The molecule has 2 bridgehead atoms. The largest absolute Gasteiger partial charge is 0.396 e. The average Bonchev–Trinajstić information content (AvgIpc) is 3.57. The second kappa shape index (κ2) is 12.9. The highest BCUT2D eigenvalue weighted by Crippen LogP contribution is 2.66. The molecule has 1 spiro atoms. The van der Waals surface area contributed by atoms with E-state index in [1.54, 1.807) is 39.8 Å². The zero-order chi connectivity index (χ0) is 28.2. The summed E-state index contributed by atoms with van der Waals surface area (Å²) >= 11 is 8.22. The Hall–Kier alpha value is -2.29. The molecule has 212 valence electrons. The maximum atomic E-state index is 14.5. The van der Waals surface area contributed by atoms with Gasteiger partial charge < -0.3 is 19.8 Å². The minimum Gasteiger partial charge on any atom is -0.396 e. The van der Waals surface area contributed by atoms with Gasteiger partial charge >= 0.3 is 0 Å². The van der Waals surface area contributed by atoms with Crippen molar-refractivity contribution in [3.05, 3.63) is 54.6 Å². The number of para-hydroxylation sites is 1. The van der Waals surface area contributed by atoms with Crippen LogP contribution >= 0.6 is 23.4 Å². The third-order valence-electron chi connectivity index (χ3n) is 8.25. The molecule has 39 heavy (non-hydrogen) atoms. The monoisotopic (exact) mass is 573 g/mol. The number of halogens is 1. The van der Waals surface area contributed by atoms with E-state index in [1.807, 2.05) is 30.0 Å². The molecule has 3 amide bonds. The fourth-order valence-corrected chi connectivity index (χ4v) is 9.15. The molecule has 3 heterocycles. The van der Waals surface area contributed by atoms with Gasteiger partial charge in [-0.15, -0.1) is 24.9 Å². The van der Waals surface area contributed by atoms with Crippen LogP contribution in [0.5, 0.6) is 0 Å². The highest BCUT2D eigenvalue weighted by molar-refractivity contribution is 8.02. The summed E-state index contributed by atoms with van der Waals surface area (Å²) < 4.78 is -0.664. The number of aliphatic hydroxyl groups excluding tert-OH is 1. The van der Waals surface area contributed by atoms with Crippen molar-refractivity contribution in [2.24, 2.45) is 11.8 Å². The van der Waals surface area contributed by atoms with Gasteiger partial charge in [-0.05, 0) is 50.7 Å². The summed E-state index contributed by atoms with van der Waals surface area (Å²) in [4.78, 5) is 47.9. The Morgan fingerprint density at radius 1 is 1.18 bits per heavy atom. The fourth-order valence-electron chi connectivity index (χ4n) is 6.71. The smallest absolute Gasteiger partial charge is 0.251 e. The molecule has 3 aliphatic rings. The number of anilines is 1. The number of carbonyl (C=O) groups excluding carboxylic acids is 3. The van der Waals surface area contributed by atoms with Crippen LogP contribution in [0.2, 0.25) is 5.02 Å². The van der Waals surface area contributed by atoms with Crippen molar-refractivity contribution in [2.45, 2.75) is 61.5 Å². The number of hydrogen-bond acceptors (Lipinski definition) is 5. The van der Waals surface area contributed by atoms with Crippen molar-refractivity contribution in [2.75, 3.05) is 37.7 Å². The first-order chi connectivity index (χ1) is 18.9. The first kappa shape index (κ1) is 29.7. The lowest BCUT2D eigenvalue weighted by molar-refractivity contribution is -0.143. The lowest BCUT2D eigenvalue weighted by Crippen LogP contribution is -2.55. The van der Waals surface area contributed by atoms with Crippen LogP contribution in [0.1, 0.15) is 45.4 Å². The summed E-state index contributed by atoms with van der Waals surface area (Å²) in [6, 6.07) is 6.52. The molecular formula is C30H40ClN3O4S.